The second kappa shape index (κ2) is 20.0. The van der Waals surface area contributed by atoms with Gasteiger partial charge in [0.05, 0.1) is 0 Å². The van der Waals surface area contributed by atoms with Gasteiger partial charge in [0, 0.05) is 25.7 Å². The van der Waals surface area contributed by atoms with Crippen LogP contribution in [0.25, 0.3) is 0 Å². The molecule has 0 radical (unpaired) electrons. The highest BCUT2D eigenvalue weighted by Gasteiger charge is 2.20. The Morgan fingerprint density at radius 2 is 1.10 bits per heavy atom. The van der Waals surface area contributed by atoms with Crippen molar-refractivity contribution in [2.45, 2.75) is 129 Å². The van der Waals surface area contributed by atoms with Crippen molar-refractivity contribution in [2.75, 3.05) is 0 Å². The number of Topliss-reactive ketones (excluding diaryl/α,β-unsaturated/α-hetero) is 1. The van der Waals surface area contributed by atoms with Crippen LogP contribution in [0.15, 0.2) is 0 Å². The summed E-state index contributed by atoms with van der Waals surface area (Å²) in [6, 6.07) is -0.981. The molecule has 0 saturated carbocycles. The summed E-state index contributed by atoms with van der Waals surface area (Å²) in [6.07, 6.45) is 15.0. The van der Waals surface area contributed by atoms with E-state index in [0.29, 0.717) is 12.8 Å². The predicted molar refractivity (Wildman–Crippen MR) is 121 cm³/mol. The van der Waals surface area contributed by atoms with Crippen LogP contribution in [0.3, 0.4) is 0 Å². The van der Waals surface area contributed by atoms with Crippen LogP contribution < -0.4 is 5.32 Å². The maximum absolute atomic E-state index is 12.0. The van der Waals surface area contributed by atoms with Crippen LogP contribution in [-0.2, 0) is 19.2 Å². The third kappa shape index (κ3) is 19.8. The van der Waals surface area contributed by atoms with Gasteiger partial charge in [0.1, 0.15) is 11.8 Å². The van der Waals surface area contributed by atoms with Crippen LogP contribution in [0.5, 0.6) is 0 Å². The van der Waals surface area contributed by atoms with E-state index in [0.717, 1.165) is 51.4 Å². The van der Waals surface area contributed by atoms with Crippen molar-refractivity contribution in [1.82, 2.24) is 5.32 Å². The van der Waals surface area contributed by atoms with Crippen molar-refractivity contribution in [1.29, 1.82) is 0 Å². The Morgan fingerprint density at radius 1 is 0.645 bits per heavy atom. The summed E-state index contributed by atoms with van der Waals surface area (Å²) in [5.41, 5.74) is 0. The number of nitrogens with one attached hydrogen (secondary N) is 1. The Balaban J connectivity index is 3.58. The fraction of sp³-hybridized carbons (Fsp3) is 0.833. The van der Waals surface area contributed by atoms with E-state index in [4.69, 9.17) is 5.11 Å². The SMILES string of the molecule is CCCC(=O)CC[C@H](NC(=O)CCCCCCCCCCCCCCC(=O)O)C(=O)O. The first kappa shape index (κ1) is 29.1. The van der Waals surface area contributed by atoms with Crippen LogP contribution >= 0.6 is 0 Å². The van der Waals surface area contributed by atoms with E-state index in [-0.39, 0.29) is 31.0 Å². The van der Waals surface area contributed by atoms with Crippen molar-refractivity contribution < 1.29 is 29.4 Å². The van der Waals surface area contributed by atoms with Gasteiger partial charge in [-0.2, -0.15) is 0 Å². The molecule has 0 rings (SSSR count). The van der Waals surface area contributed by atoms with Gasteiger partial charge in [-0.15, -0.1) is 0 Å². The number of unbranched alkanes of at least 4 members (excludes halogenated alkanes) is 11. The molecular formula is C24H43NO6. The minimum atomic E-state index is -1.09. The number of rotatable bonds is 22. The molecule has 0 aromatic rings. The molecule has 0 saturated heterocycles. The zero-order chi connectivity index (χ0) is 23.3. The molecule has 180 valence electrons. The summed E-state index contributed by atoms with van der Waals surface area (Å²) in [6.45, 7) is 1.91. The highest BCUT2D eigenvalue weighted by atomic mass is 16.4. The van der Waals surface area contributed by atoms with Gasteiger partial charge < -0.3 is 15.5 Å². The van der Waals surface area contributed by atoms with E-state index in [1.807, 2.05) is 6.92 Å². The second-order valence-electron chi connectivity index (χ2n) is 8.42. The highest BCUT2D eigenvalue weighted by molar-refractivity contribution is 5.84. The van der Waals surface area contributed by atoms with Gasteiger partial charge in [0.15, 0.2) is 0 Å². The first-order valence-electron chi connectivity index (χ1n) is 12.1. The number of carboxylic acid groups (broad SMARTS) is 2. The Morgan fingerprint density at radius 3 is 1.52 bits per heavy atom. The highest BCUT2D eigenvalue weighted by Crippen LogP contribution is 2.13. The molecule has 0 aliphatic carbocycles. The minimum Gasteiger partial charge on any atom is -0.481 e. The van der Waals surface area contributed by atoms with E-state index in [1.54, 1.807) is 0 Å². The summed E-state index contributed by atoms with van der Waals surface area (Å²) in [5, 5.41) is 20.3. The fourth-order valence-electron chi connectivity index (χ4n) is 3.56. The summed E-state index contributed by atoms with van der Waals surface area (Å²) < 4.78 is 0. The zero-order valence-corrected chi connectivity index (χ0v) is 19.3. The summed E-state index contributed by atoms with van der Waals surface area (Å²) in [7, 11) is 0. The first-order valence-corrected chi connectivity index (χ1v) is 12.1. The molecule has 0 aromatic heterocycles. The third-order valence-electron chi connectivity index (χ3n) is 5.42. The lowest BCUT2D eigenvalue weighted by Crippen LogP contribution is -2.41. The van der Waals surface area contributed by atoms with Gasteiger partial charge in [0.25, 0.3) is 0 Å². The van der Waals surface area contributed by atoms with Crippen LogP contribution in [0.1, 0.15) is 122 Å². The van der Waals surface area contributed by atoms with Crippen molar-refractivity contribution in [2.24, 2.45) is 0 Å². The Kier molecular flexibility index (Phi) is 18.8. The van der Waals surface area contributed by atoms with Crippen molar-refractivity contribution in [3.05, 3.63) is 0 Å². The summed E-state index contributed by atoms with van der Waals surface area (Å²) in [4.78, 5) is 45.2. The summed E-state index contributed by atoms with van der Waals surface area (Å²) in [5.74, 6) is -2.00. The Bertz CT molecular complexity index is 520. The average molecular weight is 442 g/mol. The van der Waals surface area contributed by atoms with E-state index >= 15 is 0 Å². The van der Waals surface area contributed by atoms with Crippen LogP contribution in [0.4, 0.5) is 0 Å². The van der Waals surface area contributed by atoms with Crippen molar-refractivity contribution in [3.63, 3.8) is 0 Å². The average Bonchev–Trinajstić information content (AvgIpc) is 2.71. The van der Waals surface area contributed by atoms with E-state index < -0.39 is 18.0 Å². The molecule has 1 amide bonds. The molecule has 0 bridgehead atoms. The molecule has 0 heterocycles. The zero-order valence-electron chi connectivity index (χ0n) is 19.3. The Labute approximate surface area is 187 Å². The number of hydrogen-bond acceptors (Lipinski definition) is 4. The molecule has 7 nitrogen and oxygen atoms in total. The maximum atomic E-state index is 12.0. The van der Waals surface area contributed by atoms with E-state index in [2.05, 4.69) is 5.32 Å². The maximum Gasteiger partial charge on any atom is 0.326 e. The standard InChI is InChI=1S/C24H43NO6/c1-2-15-20(26)18-19-21(24(30)31)25-22(27)16-13-11-9-7-5-3-4-6-8-10-12-14-17-23(28)29/h21H,2-19H2,1H3,(H,25,27)(H,28,29)(H,30,31)/t21-/m0/s1. The number of hydrogen-bond donors (Lipinski definition) is 3. The largest absolute Gasteiger partial charge is 0.481 e. The van der Waals surface area contributed by atoms with Crippen LogP contribution in [0.2, 0.25) is 0 Å². The number of amides is 1. The molecule has 0 aromatic carbocycles. The van der Waals surface area contributed by atoms with Gasteiger partial charge in [-0.25, -0.2) is 4.79 Å². The van der Waals surface area contributed by atoms with Gasteiger partial charge in [-0.3, -0.25) is 14.4 Å². The smallest absolute Gasteiger partial charge is 0.326 e. The molecule has 0 unspecified atom stereocenters. The number of carbonyl (C=O) groups is 4. The topological polar surface area (TPSA) is 121 Å². The molecule has 7 heteroatoms. The monoisotopic (exact) mass is 441 g/mol. The van der Waals surface area contributed by atoms with Crippen molar-refractivity contribution >= 4 is 23.6 Å². The molecule has 0 aliphatic heterocycles. The predicted octanol–water partition coefficient (Wildman–Crippen LogP) is 5.25. The number of aliphatic carboxylic acids is 2. The molecule has 0 aliphatic rings. The molecule has 0 fully saturated rings. The lowest BCUT2D eigenvalue weighted by molar-refractivity contribution is -0.142. The fourth-order valence-corrected chi connectivity index (χ4v) is 3.56. The van der Waals surface area contributed by atoms with E-state index in [9.17, 15) is 24.3 Å². The first-order chi connectivity index (χ1) is 14.9. The van der Waals surface area contributed by atoms with Gasteiger partial charge in [0.2, 0.25) is 5.91 Å². The lowest BCUT2D eigenvalue weighted by Gasteiger charge is -2.14. The number of carbonyl (C=O) groups excluding carboxylic acids is 2. The molecule has 31 heavy (non-hydrogen) atoms. The third-order valence-corrected chi connectivity index (χ3v) is 5.42. The lowest BCUT2D eigenvalue weighted by atomic mass is 10.0. The van der Waals surface area contributed by atoms with Crippen LogP contribution in [-0.4, -0.2) is 39.9 Å². The molecule has 0 spiro atoms. The molecular weight excluding hydrogens is 398 g/mol. The normalized spacial score (nSPS) is 11.8. The van der Waals surface area contributed by atoms with Gasteiger partial charge >= 0.3 is 11.9 Å². The van der Waals surface area contributed by atoms with Crippen molar-refractivity contribution in [3.8, 4) is 0 Å². The Hall–Kier alpha value is -1.92. The van der Waals surface area contributed by atoms with E-state index in [1.165, 1.54) is 32.1 Å². The van der Waals surface area contributed by atoms with Crippen LogP contribution in [0, 0.1) is 0 Å². The van der Waals surface area contributed by atoms with Gasteiger partial charge in [-0.1, -0.05) is 71.1 Å². The minimum absolute atomic E-state index is 0.0405. The number of carboxylic acids is 2. The second-order valence-corrected chi connectivity index (χ2v) is 8.42. The summed E-state index contributed by atoms with van der Waals surface area (Å²) >= 11 is 0. The molecule has 3 N–H and O–H groups in total. The number of ketones is 1. The quantitative estimate of drug-likeness (QED) is 0.197. The molecule has 1 atom stereocenters. The van der Waals surface area contributed by atoms with Gasteiger partial charge in [-0.05, 0) is 25.7 Å².